The van der Waals surface area contributed by atoms with Gasteiger partial charge in [-0.1, -0.05) is 41.4 Å². The van der Waals surface area contributed by atoms with Crippen LogP contribution in [0.3, 0.4) is 0 Å². The molecule has 11 heteroatoms. The lowest BCUT2D eigenvalue weighted by atomic mass is 9.93. The number of fused-ring (bicyclic) bond motifs is 1. The maximum atomic E-state index is 13.8. The van der Waals surface area contributed by atoms with Crippen molar-refractivity contribution in [3.05, 3.63) is 62.9 Å². The van der Waals surface area contributed by atoms with Crippen LogP contribution in [0.5, 0.6) is 0 Å². The van der Waals surface area contributed by atoms with Crippen molar-refractivity contribution < 1.29 is 4.52 Å². The number of likely N-dealkylation sites (tertiary alicyclic amines) is 1. The molecule has 11 nitrogen and oxygen atoms in total. The lowest BCUT2D eigenvalue weighted by molar-refractivity contribution is 0.203. The summed E-state index contributed by atoms with van der Waals surface area (Å²) in [6.45, 7) is 6.61. The SMILES string of the molecule is CC#CCn1c(N2CCC[C@@H](N)C2)nc2c1c(=O)n(CCCN1CCC(c3cc(-c4ccccc4)on3)CC1)c(=O)n2C. The number of nitrogens with two attached hydrogens (primary N) is 1. The number of aryl methyl sites for hydroxylation is 1. The van der Waals surface area contributed by atoms with E-state index >= 15 is 0 Å². The van der Waals surface area contributed by atoms with Gasteiger partial charge in [-0.25, -0.2) is 4.79 Å². The van der Waals surface area contributed by atoms with Crippen molar-refractivity contribution in [2.75, 3.05) is 37.6 Å². The van der Waals surface area contributed by atoms with Crippen LogP contribution < -0.4 is 21.9 Å². The molecule has 0 aliphatic carbocycles. The molecule has 0 spiro atoms. The average molecular weight is 585 g/mol. The van der Waals surface area contributed by atoms with Crippen LogP contribution in [-0.4, -0.2) is 67.5 Å². The first kappa shape index (κ1) is 29.0. The Hall–Kier alpha value is -4.14. The standard InChI is InChI=1S/C32H40N8O3/c1-3-4-17-39-28-29(34-31(39)38-16-8-12-25(33)22-38)36(2)32(42)40(30(28)41)18-9-15-37-19-13-23(14-20-37)26-21-27(43-35-26)24-10-6-5-7-11-24/h5-7,10-11,21,23,25H,8-9,12-20,22,33H2,1-2H3/t25-/m1/s1. The minimum absolute atomic E-state index is 0.0486. The smallest absolute Gasteiger partial charge is 0.332 e. The molecule has 0 bridgehead atoms. The van der Waals surface area contributed by atoms with Crippen LogP contribution in [0.25, 0.3) is 22.5 Å². The zero-order chi connectivity index (χ0) is 29.9. The number of imidazole rings is 1. The highest BCUT2D eigenvalue weighted by atomic mass is 16.5. The lowest BCUT2D eigenvalue weighted by Gasteiger charge is -2.31. The number of nitrogens with zero attached hydrogens (tertiary/aromatic N) is 7. The minimum Gasteiger partial charge on any atom is -0.356 e. The Balaban J connectivity index is 1.14. The summed E-state index contributed by atoms with van der Waals surface area (Å²) in [6.07, 6.45) is 4.61. The van der Waals surface area contributed by atoms with E-state index in [1.807, 2.05) is 34.9 Å². The zero-order valence-electron chi connectivity index (χ0n) is 25.0. The minimum atomic E-state index is -0.343. The number of rotatable bonds is 8. The highest BCUT2D eigenvalue weighted by Gasteiger charge is 2.27. The Morgan fingerprint density at radius 3 is 2.58 bits per heavy atom. The van der Waals surface area contributed by atoms with Crippen molar-refractivity contribution in [2.24, 2.45) is 12.8 Å². The van der Waals surface area contributed by atoms with E-state index in [4.69, 9.17) is 15.2 Å². The van der Waals surface area contributed by atoms with E-state index in [0.717, 1.165) is 68.9 Å². The molecular formula is C32H40N8O3. The van der Waals surface area contributed by atoms with Crippen LogP contribution in [0.2, 0.25) is 0 Å². The lowest BCUT2D eigenvalue weighted by Crippen LogP contribution is -2.44. The first-order valence-corrected chi connectivity index (χ1v) is 15.3. The monoisotopic (exact) mass is 584 g/mol. The van der Waals surface area contributed by atoms with E-state index in [1.54, 1.807) is 14.0 Å². The maximum absolute atomic E-state index is 13.8. The molecule has 0 unspecified atom stereocenters. The number of hydrogen-bond acceptors (Lipinski definition) is 8. The van der Waals surface area contributed by atoms with Gasteiger partial charge in [0.15, 0.2) is 16.9 Å². The van der Waals surface area contributed by atoms with Crippen LogP contribution in [-0.2, 0) is 20.1 Å². The molecule has 3 aromatic heterocycles. The van der Waals surface area contributed by atoms with Gasteiger partial charge in [-0.3, -0.25) is 18.5 Å². The van der Waals surface area contributed by atoms with E-state index in [9.17, 15) is 9.59 Å². The maximum Gasteiger partial charge on any atom is 0.332 e. The Bertz CT molecular complexity index is 1750. The molecule has 226 valence electrons. The molecule has 0 radical (unpaired) electrons. The van der Waals surface area contributed by atoms with E-state index < -0.39 is 0 Å². The molecule has 0 amide bonds. The van der Waals surface area contributed by atoms with Gasteiger partial charge in [-0.05, 0) is 58.7 Å². The number of anilines is 1. The molecule has 1 aromatic carbocycles. The van der Waals surface area contributed by atoms with Gasteiger partial charge in [0.05, 0.1) is 12.2 Å². The highest BCUT2D eigenvalue weighted by molar-refractivity contribution is 5.75. The molecule has 6 rings (SSSR count). The summed E-state index contributed by atoms with van der Waals surface area (Å²) in [6, 6.07) is 12.2. The Morgan fingerprint density at radius 1 is 1.05 bits per heavy atom. The van der Waals surface area contributed by atoms with Gasteiger partial charge in [0.2, 0.25) is 5.95 Å². The molecule has 0 saturated carbocycles. The molecule has 2 aliphatic heterocycles. The van der Waals surface area contributed by atoms with E-state index in [2.05, 4.69) is 32.9 Å². The normalized spacial score (nSPS) is 18.2. The van der Waals surface area contributed by atoms with Crippen molar-refractivity contribution in [1.29, 1.82) is 0 Å². The van der Waals surface area contributed by atoms with Crippen LogP contribution in [0, 0.1) is 11.8 Å². The summed E-state index contributed by atoms with van der Waals surface area (Å²) in [5.41, 5.74) is 8.46. The second-order valence-electron chi connectivity index (χ2n) is 11.7. The average Bonchev–Trinajstić information content (AvgIpc) is 3.68. The molecule has 2 saturated heterocycles. The second kappa shape index (κ2) is 12.6. The van der Waals surface area contributed by atoms with Gasteiger partial charge in [0.1, 0.15) is 0 Å². The number of benzene rings is 1. The first-order chi connectivity index (χ1) is 20.9. The molecule has 2 N–H and O–H groups in total. The van der Waals surface area contributed by atoms with Crippen molar-refractivity contribution in [2.45, 2.75) is 64.1 Å². The molecule has 5 heterocycles. The van der Waals surface area contributed by atoms with Gasteiger partial charge in [-0.2, -0.15) is 4.98 Å². The van der Waals surface area contributed by atoms with Gasteiger partial charge in [0, 0.05) is 50.3 Å². The summed E-state index contributed by atoms with van der Waals surface area (Å²) in [7, 11) is 1.69. The van der Waals surface area contributed by atoms with E-state index in [0.29, 0.717) is 49.1 Å². The van der Waals surface area contributed by atoms with Crippen molar-refractivity contribution in [3.8, 4) is 23.2 Å². The summed E-state index contributed by atoms with van der Waals surface area (Å²) in [5.74, 6) is 7.84. The Labute approximate surface area is 250 Å². The fourth-order valence-corrected chi connectivity index (χ4v) is 6.42. The summed E-state index contributed by atoms with van der Waals surface area (Å²) < 4.78 is 10.3. The van der Waals surface area contributed by atoms with Crippen LogP contribution in [0.15, 0.2) is 50.5 Å². The van der Waals surface area contributed by atoms with E-state index in [1.165, 1.54) is 9.13 Å². The third-order valence-electron chi connectivity index (χ3n) is 8.82. The molecule has 4 aromatic rings. The Kier molecular flexibility index (Phi) is 8.49. The van der Waals surface area contributed by atoms with E-state index in [-0.39, 0.29) is 17.3 Å². The third kappa shape index (κ3) is 5.90. The first-order valence-electron chi connectivity index (χ1n) is 15.3. The molecule has 2 fully saturated rings. The highest BCUT2D eigenvalue weighted by Crippen LogP contribution is 2.30. The predicted molar refractivity (Wildman–Crippen MR) is 167 cm³/mol. The third-order valence-corrected chi connectivity index (χ3v) is 8.82. The molecular weight excluding hydrogens is 544 g/mol. The topological polar surface area (TPSA) is 120 Å². The number of piperidine rings is 2. The largest absolute Gasteiger partial charge is 0.356 e. The van der Waals surface area contributed by atoms with Crippen LogP contribution in [0.1, 0.15) is 50.6 Å². The quantitative estimate of drug-likeness (QED) is 0.314. The van der Waals surface area contributed by atoms with Crippen molar-refractivity contribution in [1.82, 2.24) is 28.7 Å². The number of aromatic nitrogens is 5. The fraction of sp³-hybridized carbons (Fsp3) is 0.500. The summed E-state index contributed by atoms with van der Waals surface area (Å²) in [5, 5.41) is 4.36. The predicted octanol–water partition coefficient (Wildman–Crippen LogP) is 2.77. The van der Waals surface area contributed by atoms with Gasteiger partial charge in [0.25, 0.3) is 5.56 Å². The van der Waals surface area contributed by atoms with Gasteiger partial charge < -0.3 is 20.1 Å². The number of hydrogen-bond donors (Lipinski definition) is 1. The summed E-state index contributed by atoms with van der Waals surface area (Å²) in [4.78, 5) is 36.4. The van der Waals surface area contributed by atoms with Crippen LogP contribution in [0.4, 0.5) is 5.95 Å². The van der Waals surface area contributed by atoms with Crippen molar-refractivity contribution in [3.63, 3.8) is 0 Å². The fourth-order valence-electron chi connectivity index (χ4n) is 6.42. The Morgan fingerprint density at radius 2 is 1.84 bits per heavy atom. The summed E-state index contributed by atoms with van der Waals surface area (Å²) >= 11 is 0. The molecule has 43 heavy (non-hydrogen) atoms. The van der Waals surface area contributed by atoms with Crippen molar-refractivity contribution >= 4 is 17.1 Å². The molecule has 2 aliphatic rings. The van der Waals surface area contributed by atoms with Crippen LogP contribution >= 0.6 is 0 Å². The second-order valence-corrected chi connectivity index (χ2v) is 11.7. The zero-order valence-corrected chi connectivity index (χ0v) is 25.0. The molecule has 1 atom stereocenters. The van der Waals surface area contributed by atoms with Gasteiger partial charge >= 0.3 is 5.69 Å². The van der Waals surface area contributed by atoms with Gasteiger partial charge in [-0.15, -0.1) is 5.92 Å².